The first-order valence-electron chi connectivity index (χ1n) is 6.88. The van der Waals surface area contributed by atoms with E-state index < -0.39 is 0 Å². The molecule has 2 aromatic heterocycles. The third-order valence-electron chi connectivity index (χ3n) is 3.81. The van der Waals surface area contributed by atoms with Crippen LogP contribution < -0.4 is 15.0 Å². The van der Waals surface area contributed by atoms with Crippen molar-refractivity contribution in [3.63, 3.8) is 0 Å². The van der Waals surface area contributed by atoms with Crippen molar-refractivity contribution in [2.45, 2.75) is 13.1 Å². The van der Waals surface area contributed by atoms with E-state index in [4.69, 9.17) is 10.5 Å². The van der Waals surface area contributed by atoms with Gasteiger partial charge in [-0.3, -0.25) is 4.98 Å². The first kappa shape index (κ1) is 13.6. The molecule has 0 saturated heterocycles. The molecule has 0 radical (unpaired) electrons. The lowest BCUT2D eigenvalue weighted by atomic mass is 10.2. The normalized spacial score (nSPS) is 11.0. The van der Waals surface area contributed by atoms with Gasteiger partial charge in [-0.25, -0.2) is 9.13 Å². The van der Waals surface area contributed by atoms with Crippen LogP contribution in [-0.2, 0) is 20.1 Å². The minimum atomic E-state index is 0.485. The van der Waals surface area contributed by atoms with Crippen molar-refractivity contribution in [3.8, 4) is 5.75 Å². The molecule has 0 bridgehead atoms. The summed E-state index contributed by atoms with van der Waals surface area (Å²) in [4.78, 5) is 4.07. The summed E-state index contributed by atoms with van der Waals surface area (Å²) >= 11 is 0. The Bertz CT molecular complexity index is 765. The quantitative estimate of drug-likeness (QED) is 0.736. The van der Waals surface area contributed by atoms with Crippen LogP contribution >= 0.6 is 0 Å². The number of hydrogen-bond acceptors (Lipinski definition) is 3. The Labute approximate surface area is 123 Å². The van der Waals surface area contributed by atoms with Crippen LogP contribution in [0, 0.1) is 0 Å². The molecule has 0 saturated carbocycles. The van der Waals surface area contributed by atoms with E-state index in [9.17, 15) is 0 Å². The predicted molar refractivity (Wildman–Crippen MR) is 80.9 cm³/mol. The summed E-state index contributed by atoms with van der Waals surface area (Å²) < 4.78 is 9.71. The Hall–Kier alpha value is -2.40. The van der Waals surface area contributed by atoms with Gasteiger partial charge in [0.2, 0.25) is 0 Å². The number of nitrogens with two attached hydrogens (primary N) is 1. The molecule has 0 fully saturated rings. The summed E-state index contributed by atoms with van der Waals surface area (Å²) in [5.41, 5.74) is 9.41. The number of ether oxygens (including phenoxy) is 1. The number of imidazole rings is 1. The zero-order valence-corrected chi connectivity index (χ0v) is 12.3. The second kappa shape index (κ2) is 5.54. The van der Waals surface area contributed by atoms with Crippen LogP contribution in [0.5, 0.6) is 5.75 Å². The summed E-state index contributed by atoms with van der Waals surface area (Å²) in [5, 5.41) is 0. The summed E-state index contributed by atoms with van der Waals surface area (Å²) in [7, 11) is 3.72. The van der Waals surface area contributed by atoms with E-state index in [2.05, 4.69) is 26.3 Å². The number of aryl methyl sites for hydroxylation is 1. The molecule has 0 amide bonds. The molecule has 0 aliphatic heterocycles. The Morgan fingerprint density at radius 1 is 1.24 bits per heavy atom. The van der Waals surface area contributed by atoms with Crippen molar-refractivity contribution in [3.05, 3.63) is 54.1 Å². The zero-order chi connectivity index (χ0) is 14.8. The molecule has 0 aliphatic rings. The zero-order valence-electron chi connectivity index (χ0n) is 12.3. The number of fused-ring (bicyclic) bond motifs is 1. The molecule has 21 heavy (non-hydrogen) atoms. The average Bonchev–Trinajstić information content (AvgIpc) is 2.80. The van der Waals surface area contributed by atoms with Crippen molar-refractivity contribution >= 4 is 11.0 Å². The van der Waals surface area contributed by atoms with Crippen molar-refractivity contribution < 1.29 is 9.30 Å². The fourth-order valence-electron chi connectivity index (χ4n) is 2.68. The van der Waals surface area contributed by atoms with Crippen LogP contribution in [0.2, 0.25) is 0 Å². The maximum Gasteiger partial charge on any atom is 0.271 e. The first-order chi connectivity index (χ1) is 10.2. The van der Waals surface area contributed by atoms with Crippen LogP contribution in [0.4, 0.5) is 0 Å². The molecular weight excluding hydrogens is 264 g/mol. The largest absolute Gasteiger partial charge is 0.497 e. The van der Waals surface area contributed by atoms with Crippen LogP contribution in [-0.4, -0.2) is 16.7 Å². The molecule has 5 heteroatoms. The molecule has 108 valence electrons. The van der Waals surface area contributed by atoms with E-state index in [0.717, 1.165) is 29.2 Å². The Kier molecular flexibility index (Phi) is 3.58. The highest BCUT2D eigenvalue weighted by atomic mass is 16.5. The Morgan fingerprint density at radius 3 is 2.67 bits per heavy atom. The highest BCUT2D eigenvalue weighted by Crippen LogP contribution is 2.21. The number of aromatic nitrogens is 3. The topological polar surface area (TPSA) is 57.0 Å². The summed E-state index contributed by atoms with van der Waals surface area (Å²) in [6.07, 6.45) is 3.62. The molecule has 3 rings (SSSR count). The number of benzene rings is 1. The van der Waals surface area contributed by atoms with E-state index in [-0.39, 0.29) is 0 Å². The minimum Gasteiger partial charge on any atom is -0.497 e. The minimum absolute atomic E-state index is 0.485. The predicted octanol–water partition coefficient (Wildman–Crippen LogP) is 1.38. The van der Waals surface area contributed by atoms with Crippen LogP contribution in [0.25, 0.3) is 11.0 Å². The molecule has 2 N–H and O–H groups in total. The lowest BCUT2D eigenvalue weighted by Gasteiger charge is -2.02. The summed E-state index contributed by atoms with van der Waals surface area (Å²) in [6, 6.07) is 10.1. The third-order valence-corrected chi connectivity index (χ3v) is 3.81. The first-order valence-corrected chi connectivity index (χ1v) is 6.88. The smallest absolute Gasteiger partial charge is 0.271 e. The highest BCUT2D eigenvalue weighted by molar-refractivity contribution is 5.74. The molecule has 3 aromatic rings. The molecule has 0 atom stereocenters. The van der Waals surface area contributed by atoms with Crippen LogP contribution in [0.15, 0.2) is 42.7 Å². The maximum absolute atomic E-state index is 5.95. The lowest BCUT2D eigenvalue weighted by Crippen LogP contribution is -2.34. The molecule has 0 unspecified atom stereocenters. The summed E-state index contributed by atoms with van der Waals surface area (Å²) in [5.74, 6) is 1.93. The molecular formula is C16H19N4O+. The highest BCUT2D eigenvalue weighted by Gasteiger charge is 2.22. The second-order valence-electron chi connectivity index (χ2n) is 4.98. The van der Waals surface area contributed by atoms with Crippen molar-refractivity contribution in [2.75, 3.05) is 7.11 Å². The number of methoxy groups -OCH3 is 1. The monoisotopic (exact) mass is 283 g/mol. The maximum atomic E-state index is 5.95. The van der Waals surface area contributed by atoms with Crippen LogP contribution in [0.1, 0.15) is 11.4 Å². The van der Waals surface area contributed by atoms with Gasteiger partial charge in [-0.05, 0) is 29.8 Å². The van der Waals surface area contributed by atoms with Crippen molar-refractivity contribution in [2.24, 2.45) is 12.8 Å². The van der Waals surface area contributed by atoms with E-state index in [1.54, 1.807) is 7.11 Å². The van der Waals surface area contributed by atoms with E-state index in [1.807, 2.05) is 37.6 Å². The lowest BCUT2D eigenvalue weighted by molar-refractivity contribution is -0.654. The fourth-order valence-corrected chi connectivity index (χ4v) is 2.68. The molecule has 2 heterocycles. The number of nitrogens with zero attached hydrogens (tertiary/aromatic N) is 3. The Balaban J connectivity index is 2.18. The average molecular weight is 283 g/mol. The van der Waals surface area contributed by atoms with E-state index >= 15 is 0 Å². The molecule has 0 spiro atoms. The van der Waals surface area contributed by atoms with E-state index in [0.29, 0.717) is 6.54 Å². The summed E-state index contributed by atoms with van der Waals surface area (Å²) in [6.45, 7) is 1.25. The second-order valence-corrected chi connectivity index (χ2v) is 4.98. The van der Waals surface area contributed by atoms with Gasteiger partial charge in [0, 0.05) is 18.5 Å². The van der Waals surface area contributed by atoms with Gasteiger partial charge in [0.05, 0.1) is 20.7 Å². The third kappa shape index (κ3) is 2.36. The fraction of sp³-hybridized carbons (Fsp3) is 0.250. The number of rotatable bonds is 4. The number of pyridine rings is 1. The Morgan fingerprint density at radius 2 is 2.00 bits per heavy atom. The van der Waals surface area contributed by atoms with Gasteiger partial charge in [0.1, 0.15) is 12.3 Å². The van der Waals surface area contributed by atoms with Gasteiger partial charge >= 0.3 is 0 Å². The van der Waals surface area contributed by atoms with Gasteiger partial charge in [-0.2, -0.15) is 0 Å². The van der Waals surface area contributed by atoms with Gasteiger partial charge in [0.25, 0.3) is 5.82 Å². The van der Waals surface area contributed by atoms with E-state index in [1.165, 1.54) is 5.56 Å². The van der Waals surface area contributed by atoms with Gasteiger partial charge in [0.15, 0.2) is 11.0 Å². The molecule has 0 aliphatic carbocycles. The van der Waals surface area contributed by atoms with Gasteiger partial charge in [-0.15, -0.1) is 0 Å². The standard InChI is InChI=1S/C16H19N4O/c1-19-14-4-3-13(21-2)9-15(14)20(16(19)10-17)11-12-5-7-18-8-6-12/h3-9H,10-11,17H2,1-2H3/q+1. The SMILES string of the molecule is COc1ccc2c(c1)n(Cc1ccncc1)c(CN)[n+]2C. The van der Waals surface area contributed by atoms with Gasteiger partial charge in [-0.1, -0.05) is 0 Å². The van der Waals surface area contributed by atoms with Gasteiger partial charge < -0.3 is 10.5 Å². The van der Waals surface area contributed by atoms with Crippen LogP contribution in [0.3, 0.4) is 0 Å². The molecule has 1 aromatic carbocycles. The van der Waals surface area contributed by atoms with Crippen molar-refractivity contribution in [1.82, 2.24) is 9.55 Å². The number of hydrogen-bond donors (Lipinski definition) is 1. The molecule has 5 nitrogen and oxygen atoms in total. The van der Waals surface area contributed by atoms with Crippen molar-refractivity contribution in [1.29, 1.82) is 0 Å².